The molecule has 1 aliphatic rings. The van der Waals surface area contributed by atoms with Crippen molar-refractivity contribution in [3.8, 4) is 0 Å². The molecular formula is C7H15NO2. The predicted molar refractivity (Wildman–Crippen MR) is 38.9 cm³/mol. The van der Waals surface area contributed by atoms with Crippen LogP contribution in [0.5, 0.6) is 0 Å². The fourth-order valence-electron chi connectivity index (χ4n) is 1.31. The van der Waals surface area contributed by atoms with Crippen LogP contribution >= 0.6 is 0 Å². The molecule has 0 bridgehead atoms. The number of aliphatic hydroxyl groups is 1. The van der Waals surface area contributed by atoms with Crippen molar-refractivity contribution >= 4 is 0 Å². The highest BCUT2D eigenvalue weighted by atomic mass is 16.5. The Morgan fingerprint density at radius 3 is 2.80 bits per heavy atom. The number of nitrogens with zero attached hydrogens (tertiary/aromatic N) is 1. The number of hydrogen-bond acceptors (Lipinski definition) is 3. The van der Waals surface area contributed by atoms with Gasteiger partial charge in [-0.2, -0.15) is 0 Å². The van der Waals surface area contributed by atoms with E-state index in [4.69, 9.17) is 9.84 Å². The van der Waals surface area contributed by atoms with Gasteiger partial charge in [-0.3, -0.25) is 4.90 Å². The standard InChI is InChI=1S/C7H15NO2/c1-6-7(5-9)8(2)3-4-10-6/h6-7,9H,3-5H2,1-2H3/t6-,7-/m1/s1. The monoisotopic (exact) mass is 145 g/mol. The summed E-state index contributed by atoms with van der Waals surface area (Å²) in [6.07, 6.45) is 0.170. The maximum Gasteiger partial charge on any atom is 0.0725 e. The van der Waals surface area contributed by atoms with Crippen molar-refractivity contribution in [2.75, 3.05) is 26.8 Å². The molecule has 3 heteroatoms. The Labute approximate surface area is 61.6 Å². The molecule has 0 aliphatic carbocycles. The molecule has 1 rings (SSSR count). The maximum atomic E-state index is 8.91. The largest absolute Gasteiger partial charge is 0.395 e. The van der Waals surface area contributed by atoms with Gasteiger partial charge in [-0.05, 0) is 14.0 Å². The minimum atomic E-state index is 0.170. The Kier molecular flexibility index (Phi) is 2.65. The molecular weight excluding hydrogens is 130 g/mol. The lowest BCUT2D eigenvalue weighted by atomic mass is 10.1. The maximum absolute atomic E-state index is 8.91. The minimum Gasteiger partial charge on any atom is -0.395 e. The minimum absolute atomic E-state index is 0.170. The Morgan fingerprint density at radius 2 is 2.40 bits per heavy atom. The van der Waals surface area contributed by atoms with Crippen molar-refractivity contribution in [1.29, 1.82) is 0 Å². The average Bonchev–Trinajstić information content (AvgIpc) is 1.88. The van der Waals surface area contributed by atoms with Crippen LogP contribution < -0.4 is 0 Å². The van der Waals surface area contributed by atoms with E-state index in [1.165, 1.54) is 0 Å². The zero-order chi connectivity index (χ0) is 7.56. The topological polar surface area (TPSA) is 32.7 Å². The van der Waals surface area contributed by atoms with E-state index in [9.17, 15) is 0 Å². The van der Waals surface area contributed by atoms with E-state index in [2.05, 4.69) is 4.90 Å². The van der Waals surface area contributed by atoms with Gasteiger partial charge in [0.2, 0.25) is 0 Å². The van der Waals surface area contributed by atoms with Crippen LogP contribution in [-0.4, -0.2) is 49.0 Å². The van der Waals surface area contributed by atoms with Gasteiger partial charge >= 0.3 is 0 Å². The molecule has 1 fully saturated rings. The second-order valence-electron chi connectivity index (χ2n) is 2.81. The number of morpholine rings is 1. The summed E-state index contributed by atoms with van der Waals surface area (Å²) >= 11 is 0. The van der Waals surface area contributed by atoms with Crippen LogP contribution in [0.15, 0.2) is 0 Å². The first-order chi connectivity index (χ1) is 4.75. The van der Waals surface area contributed by atoms with E-state index in [1.54, 1.807) is 0 Å². The average molecular weight is 145 g/mol. The van der Waals surface area contributed by atoms with Crippen molar-refractivity contribution in [3.63, 3.8) is 0 Å². The Morgan fingerprint density at radius 1 is 1.70 bits per heavy atom. The molecule has 0 spiro atoms. The highest BCUT2D eigenvalue weighted by Crippen LogP contribution is 2.10. The highest BCUT2D eigenvalue weighted by molar-refractivity contribution is 4.77. The molecule has 1 N–H and O–H groups in total. The first-order valence-corrected chi connectivity index (χ1v) is 3.68. The van der Waals surface area contributed by atoms with Crippen LogP contribution in [0.2, 0.25) is 0 Å². The lowest BCUT2D eigenvalue weighted by molar-refractivity contribution is -0.0672. The Balaban J connectivity index is 2.45. The van der Waals surface area contributed by atoms with E-state index < -0.39 is 0 Å². The Bertz CT molecular complexity index is 97.8. The smallest absolute Gasteiger partial charge is 0.0725 e. The summed E-state index contributed by atoms with van der Waals surface area (Å²) in [6.45, 7) is 3.90. The fraction of sp³-hybridized carbons (Fsp3) is 1.00. The van der Waals surface area contributed by atoms with E-state index in [0.717, 1.165) is 13.2 Å². The molecule has 0 aromatic carbocycles. The summed E-state index contributed by atoms with van der Waals surface area (Å²) in [5.41, 5.74) is 0. The molecule has 0 amide bonds. The summed E-state index contributed by atoms with van der Waals surface area (Å²) in [7, 11) is 2.01. The van der Waals surface area contributed by atoms with Gasteiger partial charge in [0, 0.05) is 6.54 Å². The van der Waals surface area contributed by atoms with E-state index in [1.807, 2.05) is 14.0 Å². The van der Waals surface area contributed by atoms with E-state index in [0.29, 0.717) is 0 Å². The van der Waals surface area contributed by atoms with Crippen LogP contribution in [-0.2, 0) is 4.74 Å². The second-order valence-corrected chi connectivity index (χ2v) is 2.81. The summed E-state index contributed by atoms with van der Waals surface area (Å²) in [5, 5.41) is 8.91. The molecule has 0 unspecified atom stereocenters. The van der Waals surface area contributed by atoms with Gasteiger partial charge in [0.05, 0.1) is 25.4 Å². The number of aliphatic hydroxyl groups excluding tert-OH is 1. The quantitative estimate of drug-likeness (QED) is 0.550. The molecule has 10 heavy (non-hydrogen) atoms. The van der Waals surface area contributed by atoms with Crippen LogP contribution in [0.3, 0.4) is 0 Å². The number of likely N-dealkylation sites (N-methyl/N-ethyl adjacent to an activating group) is 1. The van der Waals surface area contributed by atoms with Crippen molar-refractivity contribution in [2.45, 2.75) is 19.1 Å². The van der Waals surface area contributed by atoms with Crippen LogP contribution in [0.25, 0.3) is 0 Å². The van der Waals surface area contributed by atoms with Crippen molar-refractivity contribution in [1.82, 2.24) is 4.90 Å². The first kappa shape index (κ1) is 7.98. The van der Waals surface area contributed by atoms with Crippen LogP contribution in [0.1, 0.15) is 6.92 Å². The number of ether oxygens (including phenoxy) is 1. The first-order valence-electron chi connectivity index (χ1n) is 3.68. The van der Waals surface area contributed by atoms with Gasteiger partial charge in [0.25, 0.3) is 0 Å². The molecule has 0 saturated carbocycles. The van der Waals surface area contributed by atoms with Gasteiger partial charge in [-0.15, -0.1) is 0 Å². The predicted octanol–water partition coefficient (Wildman–Crippen LogP) is -0.302. The van der Waals surface area contributed by atoms with Gasteiger partial charge in [0.1, 0.15) is 0 Å². The molecule has 0 aromatic rings. The molecule has 1 saturated heterocycles. The zero-order valence-electron chi connectivity index (χ0n) is 6.58. The normalized spacial score (nSPS) is 36.3. The lowest BCUT2D eigenvalue weighted by Gasteiger charge is -2.36. The van der Waals surface area contributed by atoms with Crippen LogP contribution in [0.4, 0.5) is 0 Å². The SMILES string of the molecule is C[C@H]1OCCN(C)[C@@H]1CO. The zero-order valence-corrected chi connectivity index (χ0v) is 6.58. The van der Waals surface area contributed by atoms with Crippen molar-refractivity contribution in [3.05, 3.63) is 0 Å². The molecule has 0 radical (unpaired) electrons. The molecule has 60 valence electrons. The second kappa shape index (κ2) is 3.32. The van der Waals surface area contributed by atoms with Gasteiger partial charge in [-0.25, -0.2) is 0 Å². The lowest BCUT2D eigenvalue weighted by Crippen LogP contribution is -2.49. The van der Waals surface area contributed by atoms with Gasteiger partial charge in [0.15, 0.2) is 0 Å². The van der Waals surface area contributed by atoms with E-state index >= 15 is 0 Å². The molecule has 3 nitrogen and oxygen atoms in total. The molecule has 1 heterocycles. The van der Waals surface area contributed by atoms with Crippen molar-refractivity contribution in [2.24, 2.45) is 0 Å². The number of rotatable bonds is 1. The molecule has 2 atom stereocenters. The summed E-state index contributed by atoms with van der Waals surface area (Å²) < 4.78 is 5.35. The third kappa shape index (κ3) is 1.48. The third-order valence-corrected chi connectivity index (χ3v) is 2.12. The summed E-state index contributed by atoms with van der Waals surface area (Å²) in [6, 6.07) is 0.189. The van der Waals surface area contributed by atoms with Gasteiger partial charge < -0.3 is 9.84 Å². The number of hydrogen-bond donors (Lipinski definition) is 1. The van der Waals surface area contributed by atoms with Crippen LogP contribution in [0, 0.1) is 0 Å². The molecule has 1 aliphatic heterocycles. The highest BCUT2D eigenvalue weighted by Gasteiger charge is 2.25. The Hall–Kier alpha value is -0.120. The van der Waals surface area contributed by atoms with Gasteiger partial charge in [-0.1, -0.05) is 0 Å². The van der Waals surface area contributed by atoms with E-state index in [-0.39, 0.29) is 18.8 Å². The fourth-order valence-corrected chi connectivity index (χ4v) is 1.31. The van der Waals surface area contributed by atoms with Crippen molar-refractivity contribution < 1.29 is 9.84 Å². The summed E-state index contributed by atoms with van der Waals surface area (Å²) in [5.74, 6) is 0. The summed E-state index contributed by atoms with van der Waals surface area (Å²) in [4.78, 5) is 2.13. The molecule has 0 aromatic heterocycles. The third-order valence-electron chi connectivity index (χ3n) is 2.12.